The van der Waals surface area contributed by atoms with Crippen LogP contribution in [0, 0.1) is 11.3 Å². The van der Waals surface area contributed by atoms with Crippen LogP contribution in [0.5, 0.6) is 0 Å². The fourth-order valence-corrected chi connectivity index (χ4v) is 2.33. The van der Waals surface area contributed by atoms with Gasteiger partial charge in [-0.05, 0) is 35.0 Å². The molecule has 1 unspecified atom stereocenters. The standard InChI is InChI=1S/C10H16Cl2O2/c1-4-5-7(9(12)14)10(2,3)6-8(11)13/h7H,4-6H2,1-3H3. The third-order valence-corrected chi connectivity index (χ3v) is 2.79. The summed E-state index contributed by atoms with van der Waals surface area (Å²) in [6.07, 6.45) is 1.74. The van der Waals surface area contributed by atoms with Gasteiger partial charge in [0.2, 0.25) is 10.5 Å². The Hall–Kier alpha value is -0.0800. The van der Waals surface area contributed by atoms with Gasteiger partial charge in [-0.3, -0.25) is 9.59 Å². The summed E-state index contributed by atoms with van der Waals surface area (Å²) < 4.78 is 0. The van der Waals surface area contributed by atoms with E-state index in [1.807, 2.05) is 20.8 Å². The topological polar surface area (TPSA) is 34.1 Å². The molecule has 0 heterocycles. The Labute approximate surface area is 95.0 Å². The minimum absolute atomic E-state index is 0.178. The maximum Gasteiger partial charge on any atom is 0.225 e. The van der Waals surface area contributed by atoms with Crippen LogP contribution in [0.25, 0.3) is 0 Å². The molecule has 0 aliphatic heterocycles. The molecule has 0 spiro atoms. The summed E-state index contributed by atoms with van der Waals surface area (Å²) in [7, 11) is 0. The molecule has 14 heavy (non-hydrogen) atoms. The second-order valence-electron chi connectivity index (χ2n) is 4.17. The van der Waals surface area contributed by atoms with Crippen LogP contribution in [0.1, 0.15) is 40.0 Å². The molecule has 0 bridgehead atoms. The highest BCUT2D eigenvalue weighted by Crippen LogP contribution is 2.36. The lowest BCUT2D eigenvalue weighted by atomic mass is 9.75. The second kappa shape index (κ2) is 5.72. The van der Waals surface area contributed by atoms with Gasteiger partial charge in [-0.15, -0.1) is 0 Å². The largest absolute Gasteiger partial charge is 0.281 e. The lowest BCUT2D eigenvalue weighted by Crippen LogP contribution is -2.30. The first-order chi connectivity index (χ1) is 6.31. The van der Waals surface area contributed by atoms with Gasteiger partial charge < -0.3 is 0 Å². The molecule has 0 rings (SSSR count). The summed E-state index contributed by atoms with van der Waals surface area (Å²) in [5.41, 5.74) is -0.451. The van der Waals surface area contributed by atoms with Crippen LogP contribution in [0.3, 0.4) is 0 Å². The lowest BCUT2D eigenvalue weighted by molar-refractivity contribution is -0.120. The van der Waals surface area contributed by atoms with Gasteiger partial charge in [-0.25, -0.2) is 0 Å². The van der Waals surface area contributed by atoms with Crippen molar-refractivity contribution in [2.45, 2.75) is 40.0 Å². The lowest BCUT2D eigenvalue weighted by Gasteiger charge is -2.30. The van der Waals surface area contributed by atoms with E-state index in [0.29, 0.717) is 6.42 Å². The minimum Gasteiger partial charge on any atom is -0.281 e. The zero-order chi connectivity index (χ0) is 11.4. The van der Waals surface area contributed by atoms with Gasteiger partial charge in [0.25, 0.3) is 0 Å². The highest BCUT2D eigenvalue weighted by atomic mass is 35.5. The van der Waals surface area contributed by atoms with Crippen molar-refractivity contribution in [3.8, 4) is 0 Å². The first-order valence-electron chi connectivity index (χ1n) is 4.69. The summed E-state index contributed by atoms with van der Waals surface area (Å²) in [6.45, 7) is 5.66. The van der Waals surface area contributed by atoms with Gasteiger partial charge in [0.05, 0.1) is 0 Å². The van der Waals surface area contributed by atoms with E-state index in [1.54, 1.807) is 0 Å². The Kier molecular flexibility index (Phi) is 5.68. The maximum atomic E-state index is 11.2. The SMILES string of the molecule is CCCC(C(=O)Cl)C(C)(C)CC(=O)Cl. The smallest absolute Gasteiger partial charge is 0.225 e. The average Bonchev–Trinajstić information content (AvgIpc) is 1.96. The normalized spacial score (nSPS) is 13.8. The Morgan fingerprint density at radius 1 is 1.29 bits per heavy atom. The number of hydrogen-bond donors (Lipinski definition) is 0. The summed E-state index contributed by atoms with van der Waals surface area (Å²) >= 11 is 10.8. The van der Waals surface area contributed by atoms with Crippen LogP contribution in [-0.4, -0.2) is 10.5 Å². The highest BCUT2D eigenvalue weighted by Gasteiger charge is 2.34. The van der Waals surface area contributed by atoms with E-state index in [2.05, 4.69) is 0 Å². The molecule has 1 atom stereocenters. The van der Waals surface area contributed by atoms with Crippen molar-refractivity contribution in [1.82, 2.24) is 0 Å². The van der Waals surface area contributed by atoms with E-state index in [-0.39, 0.29) is 17.6 Å². The van der Waals surface area contributed by atoms with Gasteiger partial charge >= 0.3 is 0 Å². The van der Waals surface area contributed by atoms with E-state index >= 15 is 0 Å². The van der Waals surface area contributed by atoms with Crippen molar-refractivity contribution in [2.24, 2.45) is 11.3 Å². The van der Waals surface area contributed by atoms with Gasteiger partial charge in [-0.2, -0.15) is 0 Å². The summed E-state index contributed by atoms with van der Waals surface area (Å²) in [4.78, 5) is 22.0. The fourth-order valence-electron chi connectivity index (χ4n) is 1.58. The molecule has 4 heteroatoms. The zero-order valence-corrected chi connectivity index (χ0v) is 10.3. The Balaban J connectivity index is 4.61. The molecular formula is C10H16Cl2O2. The Morgan fingerprint density at radius 2 is 1.79 bits per heavy atom. The Morgan fingerprint density at radius 3 is 2.07 bits per heavy atom. The summed E-state index contributed by atoms with van der Waals surface area (Å²) in [5.74, 6) is -0.295. The van der Waals surface area contributed by atoms with Gasteiger partial charge in [0.1, 0.15) is 0 Å². The van der Waals surface area contributed by atoms with Crippen molar-refractivity contribution in [2.75, 3.05) is 0 Å². The Bertz CT molecular complexity index is 224. The average molecular weight is 239 g/mol. The van der Waals surface area contributed by atoms with Gasteiger partial charge in [0, 0.05) is 12.3 Å². The maximum absolute atomic E-state index is 11.2. The molecule has 0 amide bonds. The van der Waals surface area contributed by atoms with E-state index in [9.17, 15) is 9.59 Å². The molecule has 0 aromatic carbocycles. The molecule has 0 saturated heterocycles. The monoisotopic (exact) mass is 238 g/mol. The number of halogens is 2. The predicted molar refractivity (Wildman–Crippen MR) is 58.5 cm³/mol. The van der Waals surface area contributed by atoms with Crippen molar-refractivity contribution >= 4 is 33.7 Å². The predicted octanol–water partition coefficient (Wildman–Crippen LogP) is 3.35. The molecule has 0 fully saturated rings. The van der Waals surface area contributed by atoms with Crippen molar-refractivity contribution in [3.05, 3.63) is 0 Å². The first kappa shape index (κ1) is 13.9. The molecule has 0 N–H and O–H groups in total. The molecular weight excluding hydrogens is 223 g/mol. The number of carbonyl (C=O) groups excluding carboxylic acids is 2. The zero-order valence-electron chi connectivity index (χ0n) is 8.77. The first-order valence-corrected chi connectivity index (χ1v) is 5.44. The van der Waals surface area contributed by atoms with E-state index in [4.69, 9.17) is 23.2 Å². The van der Waals surface area contributed by atoms with Crippen LogP contribution in [-0.2, 0) is 9.59 Å². The molecule has 0 aliphatic carbocycles. The third kappa shape index (κ3) is 4.43. The third-order valence-electron chi connectivity index (χ3n) is 2.39. The second-order valence-corrected chi connectivity index (χ2v) is 4.96. The molecule has 0 aromatic heterocycles. The van der Waals surface area contributed by atoms with Crippen LogP contribution in [0.4, 0.5) is 0 Å². The van der Waals surface area contributed by atoms with Gasteiger partial charge in [0.15, 0.2) is 0 Å². The number of hydrogen-bond acceptors (Lipinski definition) is 2. The molecule has 0 radical (unpaired) electrons. The van der Waals surface area contributed by atoms with Crippen LogP contribution >= 0.6 is 23.2 Å². The van der Waals surface area contributed by atoms with E-state index in [1.165, 1.54) is 0 Å². The van der Waals surface area contributed by atoms with Crippen molar-refractivity contribution in [3.63, 3.8) is 0 Å². The van der Waals surface area contributed by atoms with E-state index in [0.717, 1.165) is 6.42 Å². The number of rotatable bonds is 6. The fraction of sp³-hybridized carbons (Fsp3) is 0.800. The van der Waals surface area contributed by atoms with Crippen LogP contribution in [0.2, 0.25) is 0 Å². The quantitative estimate of drug-likeness (QED) is 0.666. The summed E-state index contributed by atoms with van der Waals surface area (Å²) in [6, 6.07) is 0. The summed E-state index contributed by atoms with van der Waals surface area (Å²) in [5, 5.41) is -0.802. The van der Waals surface area contributed by atoms with Crippen LogP contribution in [0.15, 0.2) is 0 Å². The minimum atomic E-state index is -0.451. The highest BCUT2D eigenvalue weighted by molar-refractivity contribution is 6.64. The number of carbonyl (C=O) groups is 2. The molecule has 2 nitrogen and oxygen atoms in total. The van der Waals surface area contributed by atoms with Crippen molar-refractivity contribution in [1.29, 1.82) is 0 Å². The molecule has 0 saturated carbocycles. The van der Waals surface area contributed by atoms with Crippen LogP contribution < -0.4 is 0 Å². The molecule has 0 aliphatic rings. The molecule has 82 valence electrons. The van der Waals surface area contributed by atoms with Crippen molar-refractivity contribution < 1.29 is 9.59 Å². The molecule has 0 aromatic rings. The van der Waals surface area contributed by atoms with Gasteiger partial charge in [-0.1, -0.05) is 27.2 Å². The van der Waals surface area contributed by atoms with E-state index < -0.39 is 10.7 Å².